The lowest BCUT2D eigenvalue weighted by molar-refractivity contribution is 0.620. The number of anilines is 2. The van der Waals surface area contributed by atoms with E-state index in [1.54, 1.807) is 12.4 Å². The Morgan fingerprint density at radius 2 is 1.75 bits per heavy atom. The summed E-state index contributed by atoms with van der Waals surface area (Å²) in [6.45, 7) is 5.82. The fourth-order valence-corrected chi connectivity index (χ4v) is 3.98. The molecule has 0 bridgehead atoms. The van der Waals surface area contributed by atoms with E-state index in [0.717, 1.165) is 61.4 Å². The predicted molar refractivity (Wildman–Crippen MR) is 97.1 cm³/mol. The largest absolute Gasteiger partial charge is 0.367 e. The highest BCUT2D eigenvalue weighted by atomic mass is 35.5. The van der Waals surface area contributed by atoms with Gasteiger partial charge in [-0.3, -0.25) is 4.98 Å². The van der Waals surface area contributed by atoms with Crippen LogP contribution in [0.1, 0.15) is 29.9 Å². The van der Waals surface area contributed by atoms with Crippen molar-refractivity contribution in [3.05, 3.63) is 40.6 Å². The molecule has 0 unspecified atom stereocenters. The number of hydrogen-bond donors (Lipinski definition) is 0. The van der Waals surface area contributed by atoms with Crippen LogP contribution in [-0.2, 0) is 12.8 Å². The molecule has 4 rings (SSSR count). The number of pyridine rings is 1. The number of aromatic nitrogens is 3. The second-order valence-corrected chi connectivity index (χ2v) is 6.94. The molecule has 126 valence electrons. The van der Waals surface area contributed by atoms with Gasteiger partial charge in [0.05, 0.1) is 10.7 Å². The molecule has 0 saturated carbocycles. The molecule has 0 N–H and O–H groups in total. The molecule has 1 fully saturated rings. The molecule has 3 heterocycles. The van der Waals surface area contributed by atoms with E-state index in [4.69, 9.17) is 16.6 Å². The molecule has 2 aromatic heterocycles. The van der Waals surface area contributed by atoms with E-state index in [2.05, 4.69) is 19.8 Å². The lowest BCUT2D eigenvalue weighted by Crippen LogP contribution is -2.47. The molecule has 0 aromatic carbocycles. The molecule has 1 saturated heterocycles. The van der Waals surface area contributed by atoms with Crippen LogP contribution in [-0.4, -0.2) is 41.1 Å². The molecule has 0 radical (unpaired) electrons. The van der Waals surface area contributed by atoms with Crippen molar-refractivity contribution >= 4 is 23.1 Å². The van der Waals surface area contributed by atoms with Crippen molar-refractivity contribution in [1.29, 1.82) is 0 Å². The Labute approximate surface area is 147 Å². The van der Waals surface area contributed by atoms with Crippen molar-refractivity contribution in [2.75, 3.05) is 36.0 Å². The summed E-state index contributed by atoms with van der Waals surface area (Å²) in [6.07, 6.45) is 8.22. The Kier molecular flexibility index (Phi) is 4.27. The van der Waals surface area contributed by atoms with Crippen LogP contribution in [0.2, 0.25) is 5.02 Å². The zero-order chi connectivity index (χ0) is 16.5. The molecule has 24 heavy (non-hydrogen) atoms. The summed E-state index contributed by atoms with van der Waals surface area (Å²) >= 11 is 6.29. The number of fused-ring (bicyclic) bond motifs is 1. The van der Waals surface area contributed by atoms with Gasteiger partial charge in [-0.1, -0.05) is 11.6 Å². The van der Waals surface area contributed by atoms with Gasteiger partial charge in [0.15, 0.2) is 0 Å². The first kappa shape index (κ1) is 15.6. The van der Waals surface area contributed by atoms with Crippen molar-refractivity contribution in [2.45, 2.75) is 32.6 Å². The first-order valence-electron chi connectivity index (χ1n) is 8.68. The highest BCUT2D eigenvalue weighted by Gasteiger charge is 2.25. The zero-order valence-corrected chi connectivity index (χ0v) is 14.8. The molecule has 2 aliphatic rings. The third kappa shape index (κ3) is 2.93. The normalized spacial score (nSPS) is 17.8. The first-order valence-corrected chi connectivity index (χ1v) is 9.06. The van der Waals surface area contributed by atoms with Crippen LogP contribution in [0.25, 0.3) is 0 Å². The van der Waals surface area contributed by atoms with Crippen LogP contribution in [0.3, 0.4) is 0 Å². The molecule has 0 spiro atoms. The smallest absolute Gasteiger partial charge is 0.135 e. The first-order chi connectivity index (χ1) is 11.7. The summed E-state index contributed by atoms with van der Waals surface area (Å²) in [5.41, 5.74) is 3.72. The van der Waals surface area contributed by atoms with Gasteiger partial charge in [0.2, 0.25) is 0 Å². The molecule has 5 nitrogen and oxygen atoms in total. The van der Waals surface area contributed by atoms with E-state index < -0.39 is 0 Å². The number of hydrogen-bond acceptors (Lipinski definition) is 5. The molecule has 1 aliphatic heterocycles. The minimum absolute atomic E-state index is 0.723. The highest BCUT2D eigenvalue weighted by molar-refractivity contribution is 6.33. The summed E-state index contributed by atoms with van der Waals surface area (Å²) in [6, 6.07) is 1.99. The fourth-order valence-electron chi connectivity index (χ4n) is 3.74. The lowest BCUT2D eigenvalue weighted by Gasteiger charge is -2.38. The average molecular weight is 344 g/mol. The van der Waals surface area contributed by atoms with Crippen molar-refractivity contribution < 1.29 is 0 Å². The van der Waals surface area contributed by atoms with Crippen molar-refractivity contribution in [3.63, 3.8) is 0 Å². The Balaban J connectivity index is 1.54. The molecule has 6 heteroatoms. The number of nitrogens with zero attached hydrogens (tertiary/aromatic N) is 5. The number of piperazine rings is 1. The van der Waals surface area contributed by atoms with Crippen LogP contribution in [0, 0.1) is 6.92 Å². The molecular weight excluding hydrogens is 322 g/mol. The molecule has 0 atom stereocenters. The van der Waals surface area contributed by atoms with Crippen molar-refractivity contribution in [1.82, 2.24) is 15.0 Å². The maximum atomic E-state index is 6.29. The van der Waals surface area contributed by atoms with E-state index in [-0.39, 0.29) is 0 Å². The third-order valence-corrected chi connectivity index (χ3v) is 5.24. The van der Waals surface area contributed by atoms with E-state index in [9.17, 15) is 0 Å². The minimum atomic E-state index is 0.723. The molecule has 1 aliphatic carbocycles. The van der Waals surface area contributed by atoms with Crippen LogP contribution in [0.4, 0.5) is 11.5 Å². The van der Waals surface area contributed by atoms with Gasteiger partial charge in [-0.2, -0.15) is 0 Å². The quantitative estimate of drug-likeness (QED) is 0.838. The minimum Gasteiger partial charge on any atom is -0.367 e. The third-order valence-electron chi connectivity index (χ3n) is 4.94. The second-order valence-electron chi connectivity index (χ2n) is 6.53. The van der Waals surface area contributed by atoms with Gasteiger partial charge in [-0.25, -0.2) is 9.97 Å². The van der Waals surface area contributed by atoms with Crippen LogP contribution < -0.4 is 9.80 Å². The number of halogens is 1. The molecule has 0 amide bonds. The Bertz CT molecular complexity index is 740. The Morgan fingerprint density at radius 1 is 1.00 bits per heavy atom. The van der Waals surface area contributed by atoms with Crippen molar-refractivity contribution in [2.24, 2.45) is 0 Å². The highest BCUT2D eigenvalue weighted by Crippen LogP contribution is 2.30. The summed E-state index contributed by atoms with van der Waals surface area (Å²) in [5.74, 6) is 2.06. The average Bonchev–Trinajstić information content (AvgIpc) is 2.62. The van der Waals surface area contributed by atoms with Crippen LogP contribution in [0.15, 0.2) is 18.5 Å². The Morgan fingerprint density at radius 3 is 2.54 bits per heavy atom. The predicted octanol–water partition coefficient (Wildman–Crippen LogP) is 3.04. The van der Waals surface area contributed by atoms with Gasteiger partial charge < -0.3 is 9.80 Å². The van der Waals surface area contributed by atoms with Crippen LogP contribution in [0.5, 0.6) is 0 Å². The summed E-state index contributed by atoms with van der Waals surface area (Å²) in [5, 5.41) is 0.723. The fraction of sp³-hybridized carbons (Fsp3) is 0.500. The van der Waals surface area contributed by atoms with Gasteiger partial charge in [0.25, 0.3) is 0 Å². The second kappa shape index (κ2) is 6.55. The summed E-state index contributed by atoms with van der Waals surface area (Å²) in [4.78, 5) is 18.3. The van der Waals surface area contributed by atoms with Gasteiger partial charge in [-0.05, 0) is 38.7 Å². The van der Waals surface area contributed by atoms with E-state index in [1.807, 2.05) is 13.0 Å². The lowest BCUT2D eigenvalue weighted by atomic mass is 9.96. The Hall–Kier alpha value is -1.88. The van der Waals surface area contributed by atoms with Gasteiger partial charge in [0, 0.05) is 49.8 Å². The SMILES string of the molecule is Cc1nc2c(c(N3CCN(c4ccncc4Cl)CC3)n1)CCCC2. The molecule has 2 aromatic rings. The van der Waals surface area contributed by atoms with Gasteiger partial charge >= 0.3 is 0 Å². The van der Waals surface area contributed by atoms with Crippen molar-refractivity contribution in [3.8, 4) is 0 Å². The van der Waals surface area contributed by atoms with E-state index in [1.165, 1.54) is 24.1 Å². The maximum absolute atomic E-state index is 6.29. The van der Waals surface area contributed by atoms with Crippen LogP contribution >= 0.6 is 11.6 Å². The number of aryl methyl sites for hydroxylation is 2. The maximum Gasteiger partial charge on any atom is 0.135 e. The number of rotatable bonds is 2. The van der Waals surface area contributed by atoms with Gasteiger partial charge in [-0.15, -0.1) is 0 Å². The molecular formula is C18H22ClN5. The van der Waals surface area contributed by atoms with E-state index in [0.29, 0.717) is 0 Å². The zero-order valence-electron chi connectivity index (χ0n) is 14.0. The topological polar surface area (TPSA) is 45.2 Å². The monoisotopic (exact) mass is 343 g/mol. The van der Waals surface area contributed by atoms with Gasteiger partial charge in [0.1, 0.15) is 11.6 Å². The summed E-state index contributed by atoms with van der Waals surface area (Å²) < 4.78 is 0. The van der Waals surface area contributed by atoms with E-state index >= 15 is 0 Å². The summed E-state index contributed by atoms with van der Waals surface area (Å²) in [7, 11) is 0. The standard InChI is InChI=1S/C18H22ClN5/c1-13-21-16-5-3-2-4-14(16)18(22-13)24-10-8-23(9-11-24)17-6-7-20-12-15(17)19/h6-7,12H,2-5,8-11H2,1H3.